The van der Waals surface area contributed by atoms with Gasteiger partial charge < -0.3 is 25.0 Å². The Kier molecular flexibility index (Phi) is 7.70. The summed E-state index contributed by atoms with van der Waals surface area (Å²) in [7, 11) is 3.18. The number of amides is 1. The Hall–Kier alpha value is -3.03. The molecule has 0 spiro atoms. The molecule has 30 heavy (non-hydrogen) atoms. The number of hydrogen-bond acceptors (Lipinski definition) is 7. The standard InChI is InChI=1S/C22H31N5O3/c1-4-23-20-13-21(25-15-24-20)27-11-5-6-16(14-27)7-10-22(28)26-18-9-8-17(29-2)12-19(18)30-3/h8-9,12-13,15-16H,4-7,10-11,14H2,1-3H3,(H,26,28)(H,23,24,25)/t16-/m0/s1. The van der Waals surface area contributed by atoms with E-state index in [1.807, 2.05) is 13.0 Å². The topological polar surface area (TPSA) is 88.6 Å². The Bertz CT molecular complexity index is 845. The largest absolute Gasteiger partial charge is 0.497 e. The van der Waals surface area contributed by atoms with Crippen LogP contribution >= 0.6 is 0 Å². The summed E-state index contributed by atoms with van der Waals surface area (Å²) in [4.78, 5) is 23.5. The molecule has 2 aromatic rings. The predicted molar refractivity (Wildman–Crippen MR) is 119 cm³/mol. The zero-order valence-electron chi connectivity index (χ0n) is 18.0. The fraction of sp³-hybridized carbons (Fsp3) is 0.500. The number of hydrogen-bond donors (Lipinski definition) is 2. The summed E-state index contributed by atoms with van der Waals surface area (Å²) in [5.41, 5.74) is 0.658. The quantitative estimate of drug-likeness (QED) is 0.650. The third-order valence-corrected chi connectivity index (χ3v) is 5.32. The first-order valence-corrected chi connectivity index (χ1v) is 10.5. The van der Waals surface area contributed by atoms with Gasteiger partial charge in [-0.3, -0.25) is 4.79 Å². The van der Waals surface area contributed by atoms with E-state index in [-0.39, 0.29) is 5.91 Å². The van der Waals surface area contributed by atoms with E-state index in [0.29, 0.717) is 29.5 Å². The zero-order valence-corrected chi connectivity index (χ0v) is 18.0. The van der Waals surface area contributed by atoms with Crippen molar-refractivity contribution in [3.05, 3.63) is 30.6 Å². The molecular formula is C22H31N5O3. The average Bonchev–Trinajstić information content (AvgIpc) is 2.78. The molecule has 0 aliphatic carbocycles. The van der Waals surface area contributed by atoms with Gasteiger partial charge in [-0.2, -0.15) is 0 Å². The van der Waals surface area contributed by atoms with Crippen LogP contribution in [0.2, 0.25) is 0 Å². The van der Waals surface area contributed by atoms with Gasteiger partial charge in [0.1, 0.15) is 29.5 Å². The van der Waals surface area contributed by atoms with Gasteiger partial charge in [0.05, 0.1) is 19.9 Å². The minimum atomic E-state index is -0.00735. The van der Waals surface area contributed by atoms with E-state index in [1.165, 1.54) is 0 Å². The first-order chi connectivity index (χ1) is 14.6. The van der Waals surface area contributed by atoms with Crippen molar-refractivity contribution in [1.29, 1.82) is 0 Å². The molecule has 1 aromatic carbocycles. The molecule has 162 valence electrons. The number of anilines is 3. The predicted octanol–water partition coefficient (Wildman–Crippen LogP) is 3.56. The second-order valence-electron chi connectivity index (χ2n) is 7.40. The highest BCUT2D eigenvalue weighted by Gasteiger charge is 2.22. The second-order valence-corrected chi connectivity index (χ2v) is 7.40. The van der Waals surface area contributed by atoms with E-state index in [4.69, 9.17) is 9.47 Å². The summed E-state index contributed by atoms with van der Waals surface area (Å²) in [6.07, 6.45) is 5.14. The number of aromatic nitrogens is 2. The number of carbonyl (C=O) groups is 1. The lowest BCUT2D eigenvalue weighted by Crippen LogP contribution is -2.36. The van der Waals surface area contributed by atoms with Gasteiger partial charge in [0, 0.05) is 38.2 Å². The van der Waals surface area contributed by atoms with E-state index in [0.717, 1.165) is 50.5 Å². The van der Waals surface area contributed by atoms with Crippen molar-refractivity contribution in [2.24, 2.45) is 5.92 Å². The Morgan fingerprint density at radius 2 is 2.10 bits per heavy atom. The molecule has 1 fully saturated rings. The second kappa shape index (κ2) is 10.7. The Morgan fingerprint density at radius 1 is 1.23 bits per heavy atom. The van der Waals surface area contributed by atoms with Crippen LogP contribution in [-0.2, 0) is 4.79 Å². The Morgan fingerprint density at radius 3 is 2.87 bits per heavy atom. The van der Waals surface area contributed by atoms with Crippen LogP contribution in [0.25, 0.3) is 0 Å². The van der Waals surface area contributed by atoms with Gasteiger partial charge in [0.25, 0.3) is 0 Å². The van der Waals surface area contributed by atoms with Crippen LogP contribution < -0.4 is 25.0 Å². The smallest absolute Gasteiger partial charge is 0.224 e. The zero-order chi connectivity index (χ0) is 21.3. The average molecular weight is 414 g/mol. The van der Waals surface area contributed by atoms with Crippen LogP contribution in [0.1, 0.15) is 32.6 Å². The molecule has 8 heteroatoms. The molecule has 0 saturated carbocycles. The maximum Gasteiger partial charge on any atom is 0.224 e. The number of carbonyl (C=O) groups excluding carboxylic acids is 1. The molecule has 3 rings (SSSR count). The molecule has 1 amide bonds. The van der Waals surface area contributed by atoms with Crippen LogP contribution in [0.15, 0.2) is 30.6 Å². The molecule has 2 heterocycles. The van der Waals surface area contributed by atoms with Crippen molar-refractivity contribution in [3.63, 3.8) is 0 Å². The van der Waals surface area contributed by atoms with E-state index in [2.05, 4.69) is 25.5 Å². The highest BCUT2D eigenvalue weighted by atomic mass is 16.5. The molecule has 2 N–H and O–H groups in total. The number of methoxy groups -OCH3 is 2. The monoisotopic (exact) mass is 413 g/mol. The SMILES string of the molecule is CCNc1cc(N2CCC[C@@H](CCC(=O)Nc3ccc(OC)cc3OC)C2)ncn1. The highest BCUT2D eigenvalue weighted by Crippen LogP contribution is 2.30. The van der Waals surface area contributed by atoms with Gasteiger partial charge in [-0.15, -0.1) is 0 Å². The summed E-state index contributed by atoms with van der Waals surface area (Å²) in [6.45, 7) is 4.76. The Labute approximate surface area is 178 Å². The van der Waals surface area contributed by atoms with Crippen molar-refractivity contribution in [2.45, 2.75) is 32.6 Å². The van der Waals surface area contributed by atoms with Gasteiger partial charge in [0.2, 0.25) is 5.91 Å². The third kappa shape index (κ3) is 5.75. The van der Waals surface area contributed by atoms with Crippen molar-refractivity contribution >= 4 is 23.2 Å². The number of nitrogens with one attached hydrogen (secondary N) is 2. The normalized spacial score (nSPS) is 16.1. The van der Waals surface area contributed by atoms with Crippen molar-refractivity contribution in [3.8, 4) is 11.5 Å². The summed E-state index contributed by atoms with van der Waals surface area (Å²) >= 11 is 0. The van der Waals surface area contributed by atoms with Crippen LogP contribution in [0.4, 0.5) is 17.3 Å². The summed E-state index contributed by atoms with van der Waals surface area (Å²) < 4.78 is 10.6. The van der Waals surface area contributed by atoms with Crippen LogP contribution in [0.5, 0.6) is 11.5 Å². The van der Waals surface area contributed by atoms with Crippen LogP contribution in [0, 0.1) is 5.92 Å². The summed E-state index contributed by atoms with van der Waals surface area (Å²) in [6, 6.07) is 7.36. The number of rotatable bonds is 9. The summed E-state index contributed by atoms with van der Waals surface area (Å²) in [5.74, 6) is 3.52. The van der Waals surface area contributed by atoms with Gasteiger partial charge in [-0.1, -0.05) is 0 Å². The van der Waals surface area contributed by atoms with Gasteiger partial charge in [-0.05, 0) is 44.2 Å². The van der Waals surface area contributed by atoms with Crippen molar-refractivity contribution in [2.75, 3.05) is 49.4 Å². The maximum atomic E-state index is 12.5. The lowest BCUT2D eigenvalue weighted by molar-refractivity contribution is -0.116. The molecule has 1 atom stereocenters. The van der Waals surface area contributed by atoms with Crippen molar-refractivity contribution in [1.82, 2.24) is 9.97 Å². The molecule has 1 aliphatic heterocycles. The first-order valence-electron chi connectivity index (χ1n) is 10.5. The molecule has 1 saturated heterocycles. The van der Waals surface area contributed by atoms with E-state index >= 15 is 0 Å². The number of piperidine rings is 1. The fourth-order valence-corrected chi connectivity index (χ4v) is 3.76. The summed E-state index contributed by atoms with van der Waals surface area (Å²) in [5, 5.41) is 6.18. The first kappa shape index (κ1) is 21.7. The third-order valence-electron chi connectivity index (χ3n) is 5.32. The van der Waals surface area contributed by atoms with Gasteiger partial charge in [0.15, 0.2) is 0 Å². The van der Waals surface area contributed by atoms with Crippen LogP contribution in [0.3, 0.4) is 0 Å². The van der Waals surface area contributed by atoms with E-state index < -0.39 is 0 Å². The minimum Gasteiger partial charge on any atom is -0.497 e. The Balaban J connectivity index is 1.53. The minimum absolute atomic E-state index is 0.00735. The lowest BCUT2D eigenvalue weighted by Gasteiger charge is -2.33. The molecule has 0 radical (unpaired) electrons. The molecular weight excluding hydrogens is 382 g/mol. The van der Waals surface area contributed by atoms with Gasteiger partial charge in [-0.25, -0.2) is 9.97 Å². The highest BCUT2D eigenvalue weighted by molar-refractivity contribution is 5.92. The van der Waals surface area contributed by atoms with Crippen LogP contribution in [-0.4, -0.2) is 49.7 Å². The van der Waals surface area contributed by atoms with E-state index in [1.54, 1.807) is 38.7 Å². The number of ether oxygens (including phenoxy) is 2. The fourth-order valence-electron chi connectivity index (χ4n) is 3.76. The maximum absolute atomic E-state index is 12.5. The molecule has 8 nitrogen and oxygen atoms in total. The number of nitrogens with zero attached hydrogens (tertiary/aromatic N) is 3. The molecule has 1 aromatic heterocycles. The molecule has 0 bridgehead atoms. The van der Waals surface area contributed by atoms with Crippen molar-refractivity contribution < 1.29 is 14.3 Å². The lowest BCUT2D eigenvalue weighted by atomic mass is 9.93. The van der Waals surface area contributed by atoms with Gasteiger partial charge >= 0.3 is 0 Å². The van der Waals surface area contributed by atoms with E-state index in [9.17, 15) is 4.79 Å². The number of benzene rings is 1. The molecule has 1 aliphatic rings. The molecule has 0 unspecified atom stereocenters.